The Morgan fingerprint density at radius 3 is 2.61 bits per heavy atom. The Labute approximate surface area is 105 Å². The first-order chi connectivity index (χ1) is 8.34. The summed E-state index contributed by atoms with van der Waals surface area (Å²) in [6, 6.07) is 1.64. The van der Waals surface area contributed by atoms with Crippen molar-refractivity contribution >= 4 is 15.7 Å². The summed E-state index contributed by atoms with van der Waals surface area (Å²) in [7, 11) is -4.57. The van der Waals surface area contributed by atoms with E-state index in [1.165, 1.54) is 0 Å². The van der Waals surface area contributed by atoms with Crippen molar-refractivity contribution < 1.29 is 17.2 Å². The maximum absolute atomic E-state index is 12.6. The smallest absolute Gasteiger partial charge is 0.263 e. The molecule has 0 saturated heterocycles. The summed E-state index contributed by atoms with van der Waals surface area (Å²) in [4.78, 5) is 4.15. The minimum atomic E-state index is -4.57. The van der Waals surface area contributed by atoms with Gasteiger partial charge < -0.3 is 0 Å². The first kappa shape index (κ1) is 13.2. The van der Waals surface area contributed by atoms with Gasteiger partial charge in [0, 0.05) is 19.2 Å². The van der Waals surface area contributed by atoms with Gasteiger partial charge in [-0.2, -0.15) is 8.78 Å². The zero-order valence-electron chi connectivity index (χ0n) is 10.1. The van der Waals surface area contributed by atoms with Gasteiger partial charge in [0.05, 0.1) is 11.4 Å². The average Bonchev–Trinajstić information content (AvgIpc) is 2.71. The molecule has 0 bridgehead atoms. The molecule has 0 aromatic carbocycles. The Kier molecular flexibility index (Phi) is 3.27. The van der Waals surface area contributed by atoms with Gasteiger partial charge in [-0.25, -0.2) is 8.42 Å². The summed E-state index contributed by atoms with van der Waals surface area (Å²) >= 11 is 0. The number of hydrogen-bond donors (Lipinski definition) is 0. The molecule has 18 heavy (non-hydrogen) atoms. The molecule has 0 spiro atoms. The van der Waals surface area contributed by atoms with Crippen molar-refractivity contribution in [2.45, 2.75) is 31.9 Å². The molecule has 0 aliphatic carbocycles. The third kappa shape index (κ3) is 2.07. The fourth-order valence-corrected chi connectivity index (χ4v) is 2.88. The van der Waals surface area contributed by atoms with Gasteiger partial charge in [-0.15, -0.1) is 0 Å². The lowest BCUT2D eigenvalue weighted by Crippen LogP contribution is -2.33. The average molecular weight is 276 g/mol. The number of aromatic nitrogens is 1. The van der Waals surface area contributed by atoms with Crippen molar-refractivity contribution in [2.24, 2.45) is 0 Å². The topological polar surface area (TPSA) is 50.3 Å². The predicted octanol–water partition coefficient (Wildman–Crippen LogP) is 2.12. The molecule has 1 aliphatic rings. The minimum absolute atomic E-state index is 0.0382. The molecule has 0 N–H and O–H groups in total. The lowest BCUT2D eigenvalue weighted by molar-refractivity contribution is 0.234. The summed E-state index contributed by atoms with van der Waals surface area (Å²) in [6.07, 6.45) is 2.04. The Hall–Kier alpha value is -1.24. The molecule has 0 unspecified atom stereocenters. The van der Waals surface area contributed by atoms with Crippen LogP contribution in [-0.4, -0.2) is 25.7 Å². The molecular weight excluding hydrogens is 262 g/mol. The number of fused-ring (bicyclic) bond motifs is 1. The summed E-state index contributed by atoms with van der Waals surface area (Å²) < 4.78 is 49.0. The van der Waals surface area contributed by atoms with Gasteiger partial charge in [0.2, 0.25) is 0 Å². The highest BCUT2D eigenvalue weighted by Gasteiger charge is 2.37. The third-order valence-electron chi connectivity index (χ3n) is 2.99. The number of hydrogen-bond acceptors (Lipinski definition) is 3. The SMILES string of the molecule is CC(C)c1cnc2c(c1)N(S(=O)(=O)C(F)F)CC2. The number of sulfonamides is 1. The van der Waals surface area contributed by atoms with E-state index in [0.717, 1.165) is 9.87 Å². The summed E-state index contributed by atoms with van der Waals surface area (Å²) in [5, 5.41) is 0. The molecule has 1 aromatic rings. The van der Waals surface area contributed by atoms with Crippen LogP contribution in [0.25, 0.3) is 0 Å². The van der Waals surface area contributed by atoms with Gasteiger partial charge in [0.1, 0.15) is 0 Å². The Balaban J connectivity index is 2.47. The van der Waals surface area contributed by atoms with E-state index in [1.54, 1.807) is 12.3 Å². The molecule has 0 saturated carbocycles. The van der Waals surface area contributed by atoms with Crippen LogP contribution in [0.15, 0.2) is 12.3 Å². The molecule has 0 amide bonds. The quantitative estimate of drug-likeness (QED) is 0.849. The number of nitrogens with zero attached hydrogens (tertiary/aromatic N) is 2. The summed E-state index contributed by atoms with van der Waals surface area (Å²) in [5.41, 5.74) is 1.69. The number of halogens is 2. The molecular formula is C11H14F2N2O2S. The van der Waals surface area contributed by atoms with E-state index >= 15 is 0 Å². The van der Waals surface area contributed by atoms with Crippen LogP contribution in [0.5, 0.6) is 0 Å². The number of pyridine rings is 1. The second-order valence-corrected chi connectivity index (χ2v) is 6.34. The highest BCUT2D eigenvalue weighted by molar-refractivity contribution is 7.93. The van der Waals surface area contributed by atoms with Gasteiger partial charge in [-0.1, -0.05) is 13.8 Å². The van der Waals surface area contributed by atoms with Crippen molar-refractivity contribution in [3.63, 3.8) is 0 Å². The zero-order valence-corrected chi connectivity index (χ0v) is 10.9. The van der Waals surface area contributed by atoms with Crippen LogP contribution in [0.3, 0.4) is 0 Å². The van der Waals surface area contributed by atoms with E-state index in [0.29, 0.717) is 17.8 Å². The summed E-state index contributed by atoms with van der Waals surface area (Å²) in [5.74, 6) is -3.23. The maximum atomic E-state index is 12.6. The Morgan fingerprint density at radius 2 is 2.06 bits per heavy atom. The standard InChI is InChI=1S/C11H14F2N2O2S/c1-7(2)8-5-10-9(14-6-8)3-4-15(10)18(16,17)11(12)13/h5-7,11H,3-4H2,1-2H3. The van der Waals surface area contributed by atoms with Crippen LogP contribution >= 0.6 is 0 Å². The van der Waals surface area contributed by atoms with Gasteiger partial charge in [0.15, 0.2) is 0 Å². The van der Waals surface area contributed by atoms with Crippen molar-refractivity contribution in [3.8, 4) is 0 Å². The van der Waals surface area contributed by atoms with E-state index in [2.05, 4.69) is 4.98 Å². The largest absolute Gasteiger partial charge is 0.355 e. The lowest BCUT2D eigenvalue weighted by atomic mass is 10.1. The lowest BCUT2D eigenvalue weighted by Gasteiger charge is -2.19. The van der Waals surface area contributed by atoms with Crippen LogP contribution in [0.2, 0.25) is 0 Å². The molecule has 2 rings (SSSR count). The monoisotopic (exact) mass is 276 g/mol. The second kappa shape index (κ2) is 4.46. The van der Waals surface area contributed by atoms with E-state index in [9.17, 15) is 17.2 Å². The van der Waals surface area contributed by atoms with Crippen LogP contribution in [0, 0.1) is 0 Å². The van der Waals surface area contributed by atoms with E-state index in [1.807, 2.05) is 13.8 Å². The van der Waals surface area contributed by atoms with Crippen LogP contribution in [-0.2, 0) is 16.4 Å². The Morgan fingerprint density at radius 1 is 1.39 bits per heavy atom. The number of alkyl halides is 2. The molecule has 2 heterocycles. The predicted molar refractivity (Wildman–Crippen MR) is 64.3 cm³/mol. The van der Waals surface area contributed by atoms with Gasteiger partial charge in [-0.05, 0) is 17.5 Å². The van der Waals surface area contributed by atoms with Crippen molar-refractivity contribution in [1.82, 2.24) is 4.98 Å². The molecule has 0 fully saturated rings. The normalized spacial score (nSPS) is 15.6. The molecule has 1 aromatic heterocycles. The van der Waals surface area contributed by atoms with Crippen LogP contribution in [0.4, 0.5) is 14.5 Å². The highest BCUT2D eigenvalue weighted by Crippen LogP contribution is 2.33. The fourth-order valence-electron chi connectivity index (χ4n) is 1.91. The Bertz CT molecular complexity index is 558. The van der Waals surface area contributed by atoms with E-state index in [4.69, 9.17) is 0 Å². The van der Waals surface area contributed by atoms with Crippen molar-refractivity contribution in [1.29, 1.82) is 0 Å². The zero-order chi connectivity index (χ0) is 13.5. The van der Waals surface area contributed by atoms with Crippen molar-refractivity contribution in [2.75, 3.05) is 10.8 Å². The van der Waals surface area contributed by atoms with E-state index < -0.39 is 15.8 Å². The van der Waals surface area contributed by atoms with Crippen LogP contribution in [0.1, 0.15) is 31.0 Å². The van der Waals surface area contributed by atoms with Crippen molar-refractivity contribution in [3.05, 3.63) is 23.5 Å². The first-order valence-corrected chi connectivity index (χ1v) is 7.13. The van der Waals surface area contributed by atoms with E-state index in [-0.39, 0.29) is 12.5 Å². The molecule has 7 heteroatoms. The first-order valence-electron chi connectivity index (χ1n) is 5.62. The maximum Gasteiger partial charge on any atom is 0.355 e. The minimum Gasteiger partial charge on any atom is -0.263 e. The highest BCUT2D eigenvalue weighted by atomic mass is 32.2. The molecule has 0 radical (unpaired) electrons. The molecule has 100 valence electrons. The molecule has 0 atom stereocenters. The van der Waals surface area contributed by atoms with Crippen LogP contribution < -0.4 is 4.31 Å². The third-order valence-corrected chi connectivity index (χ3v) is 4.43. The number of rotatable bonds is 3. The molecule has 4 nitrogen and oxygen atoms in total. The van der Waals surface area contributed by atoms with Gasteiger partial charge >= 0.3 is 5.76 Å². The van der Waals surface area contributed by atoms with Gasteiger partial charge in [0.25, 0.3) is 10.0 Å². The second-order valence-electron chi connectivity index (χ2n) is 4.52. The molecule has 1 aliphatic heterocycles. The summed E-state index contributed by atoms with van der Waals surface area (Å²) in [6.45, 7) is 3.91. The number of anilines is 1. The van der Waals surface area contributed by atoms with Gasteiger partial charge in [-0.3, -0.25) is 9.29 Å². The fraction of sp³-hybridized carbons (Fsp3) is 0.545.